The maximum Gasteiger partial charge on any atom is 0.225 e. The van der Waals surface area contributed by atoms with Crippen molar-refractivity contribution in [2.75, 3.05) is 22.9 Å². The van der Waals surface area contributed by atoms with Crippen molar-refractivity contribution in [3.8, 4) is 0 Å². The Labute approximate surface area is 163 Å². The summed E-state index contributed by atoms with van der Waals surface area (Å²) in [5, 5.41) is 0. The molecule has 0 bridgehead atoms. The van der Waals surface area contributed by atoms with Crippen LogP contribution < -0.4 is 22.9 Å². The van der Waals surface area contributed by atoms with Crippen LogP contribution in [0.5, 0.6) is 0 Å². The van der Waals surface area contributed by atoms with Crippen LogP contribution in [0.4, 0.5) is 23.8 Å². The maximum atomic E-state index is 6.04. The van der Waals surface area contributed by atoms with E-state index < -0.39 is 0 Å². The summed E-state index contributed by atoms with van der Waals surface area (Å²) < 4.78 is 12.1. The lowest BCUT2D eigenvalue weighted by molar-refractivity contribution is -0.0943. The van der Waals surface area contributed by atoms with Crippen LogP contribution in [0.2, 0.25) is 0 Å². The van der Waals surface area contributed by atoms with E-state index in [1.54, 1.807) is 0 Å². The largest absolute Gasteiger partial charge is 0.368 e. The Morgan fingerprint density at radius 2 is 0.929 bits per heavy atom. The van der Waals surface area contributed by atoms with Crippen LogP contribution in [0.3, 0.4) is 0 Å². The molecule has 2 aromatic rings. The number of nitrogens with zero attached hydrogens (tertiary/aromatic N) is 6. The van der Waals surface area contributed by atoms with Crippen molar-refractivity contribution in [1.29, 1.82) is 0 Å². The number of hydrogen-bond acceptors (Lipinski definition) is 12. The highest BCUT2D eigenvalue weighted by atomic mass is 16.5. The first-order valence-corrected chi connectivity index (χ1v) is 9.16. The van der Waals surface area contributed by atoms with Crippen molar-refractivity contribution in [3.05, 3.63) is 11.6 Å². The Bertz CT molecular complexity index is 656. The molecule has 2 atom stereocenters. The minimum Gasteiger partial charge on any atom is -0.368 e. The maximum absolute atomic E-state index is 6.04. The molecule has 0 fully saturated rings. The van der Waals surface area contributed by atoms with Gasteiger partial charge in [0, 0.05) is 0 Å². The van der Waals surface area contributed by atoms with Crippen molar-refractivity contribution in [3.63, 3.8) is 0 Å². The molecule has 0 aromatic carbocycles. The Hall–Kier alpha value is -2.86. The first-order valence-electron chi connectivity index (χ1n) is 9.16. The normalized spacial score (nSPS) is 13.4. The van der Waals surface area contributed by atoms with Gasteiger partial charge in [0.05, 0.1) is 12.2 Å². The van der Waals surface area contributed by atoms with E-state index in [4.69, 9.17) is 32.4 Å². The van der Waals surface area contributed by atoms with Crippen LogP contribution in [0.15, 0.2) is 0 Å². The smallest absolute Gasteiger partial charge is 0.225 e. The third-order valence-electron chi connectivity index (χ3n) is 3.85. The van der Waals surface area contributed by atoms with E-state index in [-0.39, 0.29) is 49.2 Å². The molecular formula is C16H28N10O2. The van der Waals surface area contributed by atoms with Gasteiger partial charge in [0.25, 0.3) is 0 Å². The summed E-state index contributed by atoms with van der Waals surface area (Å²) in [5.74, 6) is 0.988. The van der Waals surface area contributed by atoms with Crippen LogP contribution in [0.1, 0.15) is 51.2 Å². The Morgan fingerprint density at radius 3 is 1.21 bits per heavy atom. The highest BCUT2D eigenvalue weighted by Gasteiger charge is 2.23. The third-order valence-corrected chi connectivity index (χ3v) is 3.85. The Kier molecular flexibility index (Phi) is 8.02. The van der Waals surface area contributed by atoms with E-state index in [0.29, 0.717) is 11.6 Å². The lowest BCUT2D eigenvalue weighted by Gasteiger charge is -2.27. The van der Waals surface area contributed by atoms with Crippen LogP contribution in [-0.2, 0) is 22.7 Å². The summed E-state index contributed by atoms with van der Waals surface area (Å²) in [4.78, 5) is 23.7. The van der Waals surface area contributed by atoms with Gasteiger partial charge in [-0.15, -0.1) is 0 Å². The highest BCUT2D eigenvalue weighted by molar-refractivity contribution is 5.26. The van der Waals surface area contributed by atoms with E-state index in [9.17, 15) is 0 Å². The Balaban J connectivity index is 2.04. The molecule has 2 heterocycles. The second-order valence-electron chi connectivity index (χ2n) is 6.21. The summed E-state index contributed by atoms with van der Waals surface area (Å²) >= 11 is 0. The molecule has 0 radical (unpaired) electrons. The molecule has 0 spiro atoms. The van der Waals surface area contributed by atoms with Crippen LogP contribution >= 0.6 is 0 Å². The van der Waals surface area contributed by atoms with E-state index in [1.807, 2.05) is 0 Å². The fourth-order valence-corrected chi connectivity index (χ4v) is 2.73. The molecule has 8 N–H and O–H groups in total. The molecule has 0 aliphatic rings. The number of nitrogen functional groups attached to an aromatic ring is 4. The summed E-state index contributed by atoms with van der Waals surface area (Å²) in [6, 6.07) is 0. The molecule has 28 heavy (non-hydrogen) atoms. The van der Waals surface area contributed by atoms with Crippen molar-refractivity contribution in [2.24, 2.45) is 0 Å². The van der Waals surface area contributed by atoms with Gasteiger partial charge in [-0.2, -0.15) is 29.9 Å². The van der Waals surface area contributed by atoms with E-state index in [0.717, 1.165) is 25.7 Å². The van der Waals surface area contributed by atoms with Gasteiger partial charge in [-0.25, -0.2) is 0 Å². The molecule has 0 aliphatic heterocycles. The van der Waals surface area contributed by atoms with Gasteiger partial charge in [-0.3, -0.25) is 0 Å². The summed E-state index contributed by atoms with van der Waals surface area (Å²) in [6.45, 7) is 4.45. The first-order chi connectivity index (χ1) is 13.4. The molecule has 0 saturated carbocycles. The SMILES string of the molecule is CCCC(OCc1nc(N)nc(N)n1)C(CCC)OCc1nc(N)nc(N)n1. The molecular weight excluding hydrogens is 364 g/mol. The molecule has 0 saturated heterocycles. The second kappa shape index (κ2) is 10.5. The average molecular weight is 392 g/mol. The minimum absolute atomic E-state index is 0.0597. The summed E-state index contributed by atoms with van der Waals surface area (Å²) in [5.41, 5.74) is 22.4. The average Bonchev–Trinajstić information content (AvgIpc) is 2.61. The van der Waals surface area contributed by atoms with Gasteiger partial charge < -0.3 is 32.4 Å². The van der Waals surface area contributed by atoms with E-state index >= 15 is 0 Å². The summed E-state index contributed by atoms with van der Waals surface area (Å²) in [6.07, 6.45) is 3.06. The molecule has 0 aliphatic carbocycles. The van der Waals surface area contributed by atoms with Crippen molar-refractivity contribution < 1.29 is 9.47 Å². The van der Waals surface area contributed by atoms with Gasteiger partial charge in [-0.05, 0) is 12.8 Å². The van der Waals surface area contributed by atoms with E-state index in [1.165, 1.54) is 0 Å². The predicted molar refractivity (Wildman–Crippen MR) is 104 cm³/mol. The number of anilines is 4. The topological polar surface area (TPSA) is 200 Å². The number of ether oxygens (including phenoxy) is 2. The fraction of sp³-hybridized carbons (Fsp3) is 0.625. The quantitative estimate of drug-likeness (QED) is 0.412. The van der Waals surface area contributed by atoms with Crippen LogP contribution in [0, 0.1) is 0 Å². The van der Waals surface area contributed by atoms with Crippen molar-refractivity contribution >= 4 is 23.8 Å². The van der Waals surface area contributed by atoms with Crippen molar-refractivity contribution in [1.82, 2.24) is 29.9 Å². The fourth-order valence-electron chi connectivity index (χ4n) is 2.73. The third kappa shape index (κ3) is 6.70. The lowest BCUT2D eigenvalue weighted by Crippen LogP contribution is -2.32. The molecule has 154 valence electrons. The van der Waals surface area contributed by atoms with Gasteiger partial charge in [-0.1, -0.05) is 26.7 Å². The minimum atomic E-state index is -0.180. The van der Waals surface area contributed by atoms with Gasteiger partial charge in [0.2, 0.25) is 23.8 Å². The highest BCUT2D eigenvalue weighted by Crippen LogP contribution is 2.19. The number of aromatic nitrogens is 6. The molecule has 12 nitrogen and oxygen atoms in total. The zero-order valence-corrected chi connectivity index (χ0v) is 16.2. The molecule has 12 heteroatoms. The number of nitrogens with two attached hydrogens (primary N) is 4. The molecule has 0 amide bonds. The number of hydrogen-bond donors (Lipinski definition) is 4. The first kappa shape index (κ1) is 21.4. The standard InChI is InChI=1S/C16H28N10O2/c1-3-5-9(27-7-11-21-13(17)25-14(18)22-11)10(6-4-2)28-8-12-23-15(19)26-16(20)24-12/h9-10H,3-8H2,1-2H3,(H4,17,18,21,22,25)(H4,19,20,23,24,26). The molecule has 2 rings (SSSR count). The zero-order chi connectivity index (χ0) is 20.5. The van der Waals surface area contributed by atoms with Gasteiger partial charge in [0.15, 0.2) is 11.6 Å². The van der Waals surface area contributed by atoms with Gasteiger partial charge in [0.1, 0.15) is 13.2 Å². The van der Waals surface area contributed by atoms with Crippen LogP contribution in [-0.4, -0.2) is 42.1 Å². The zero-order valence-electron chi connectivity index (χ0n) is 16.2. The molecule has 2 aromatic heterocycles. The molecule has 2 unspecified atom stereocenters. The summed E-state index contributed by atoms with van der Waals surface area (Å²) in [7, 11) is 0. The number of rotatable bonds is 11. The lowest BCUT2D eigenvalue weighted by atomic mass is 10.0. The second-order valence-corrected chi connectivity index (χ2v) is 6.21. The van der Waals surface area contributed by atoms with E-state index in [2.05, 4.69) is 43.8 Å². The Morgan fingerprint density at radius 1 is 0.607 bits per heavy atom. The van der Waals surface area contributed by atoms with Crippen molar-refractivity contribution in [2.45, 2.75) is 65.0 Å². The van der Waals surface area contributed by atoms with Gasteiger partial charge >= 0.3 is 0 Å². The van der Waals surface area contributed by atoms with Crippen LogP contribution in [0.25, 0.3) is 0 Å². The monoisotopic (exact) mass is 392 g/mol. The predicted octanol–water partition coefficient (Wildman–Crippen LogP) is 0.456.